The SMILES string of the molecule is CCCCCCCCOc1cc(COC)c(OCCCCCCCC)cc1C=O. The van der Waals surface area contributed by atoms with Gasteiger partial charge < -0.3 is 14.2 Å². The van der Waals surface area contributed by atoms with Crippen molar-refractivity contribution in [3.63, 3.8) is 0 Å². The Morgan fingerprint density at radius 1 is 0.724 bits per heavy atom. The standard InChI is InChI=1S/C25H42O4/c1-4-6-8-10-12-14-16-28-24-19-23(21-27-3)25(18-22(24)20-26)29-17-15-13-11-9-7-5-2/h18-20H,4-17,21H2,1-3H3. The lowest BCUT2D eigenvalue weighted by atomic mass is 10.1. The van der Waals surface area contributed by atoms with Crippen LogP contribution in [0.25, 0.3) is 0 Å². The molecule has 4 heteroatoms. The van der Waals surface area contributed by atoms with Crippen LogP contribution >= 0.6 is 0 Å². The number of carbonyl (C=O) groups excluding carboxylic acids is 1. The monoisotopic (exact) mass is 406 g/mol. The topological polar surface area (TPSA) is 44.8 Å². The first-order chi connectivity index (χ1) is 14.3. The Balaban J connectivity index is 2.54. The van der Waals surface area contributed by atoms with Crippen LogP contribution in [0.3, 0.4) is 0 Å². The number of carbonyl (C=O) groups is 1. The molecule has 0 aliphatic carbocycles. The van der Waals surface area contributed by atoms with Gasteiger partial charge in [0.15, 0.2) is 6.29 Å². The molecule has 166 valence electrons. The maximum atomic E-state index is 11.6. The smallest absolute Gasteiger partial charge is 0.153 e. The molecule has 0 radical (unpaired) electrons. The van der Waals surface area contributed by atoms with Gasteiger partial charge in [-0.2, -0.15) is 0 Å². The van der Waals surface area contributed by atoms with Crippen LogP contribution in [0.1, 0.15) is 107 Å². The van der Waals surface area contributed by atoms with Crippen LogP contribution in [0.2, 0.25) is 0 Å². The average molecular weight is 407 g/mol. The van der Waals surface area contributed by atoms with Gasteiger partial charge in [0.2, 0.25) is 0 Å². The van der Waals surface area contributed by atoms with E-state index in [1.807, 2.05) is 6.07 Å². The minimum Gasteiger partial charge on any atom is -0.493 e. The van der Waals surface area contributed by atoms with Crippen LogP contribution in [0.4, 0.5) is 0 Å². The molecule has 0 amide bonds. The zero-order chi connectivity index (χ0) is 21.2. The number of hydrogen-bond acceptors (Lipinski definition) is 4. The van der Waals surface area contributed by atoms with E-state index in [0.29, 0.717) is 31.1 Å². The molecular formula is C25H42O4. The van der Waals surface area contributed by atoms with Crippen LogP contribution in [0.15, 0.2) is 12.1 Å². The third-order valence-corrected chi connectivity index (χ3v) is 5.13. The van der Waals surface area contributed by atoms with E-state index in [2.05, 4.69) is 13.8 Å². The second kappa shape index (κ2) is 17.3. The number of unbranched alkanes of at least 4 members (excludes halogenated alkanes) is 10. The highest BCUT2D eigenvalue weighted by Gasteiger charge is 2.12. The van der Waals surface area contributed by atoms with Gasteiger partial charge in [0.05, 0.1) is 25.4 Å². The first-order valence-electron chi connectivity index (χ1n) is 11.6. The minimum atomic E-state index is 0.443. The Bertz CT molecular complexity index is 542. The van der Waals surface area contributed by atoms with E-state index in [4.69, 9.17) is 14.2 Å². The fourth-order valence-corrected chi connectivity index (χ4v) is 3.37. The molecule has 0 unspecified atom stereocenters. The van der Waals surface area contributed by atoms with Crippen molar-refractivity contribution in [2.45, 2.75) is 97.5 Å². The lowest BCUT2D eigenvalue weighted by Gasteiger charge is -2.15. The third kappa shape index (κ3) is 11.3. The first kappa shape index (κ1) is 25.5. The molecule has 29 heavy (non-hydrogen) atoms. The van der Waals surface area contributed by atoms with Crippen molar-refractivity contribution in [3.8, 4) is 11.5 Å². The molecule has 0 spiro atoms. The van der Waals surface area contributed by atoms with Gasteiger partial charge >= 0.3 is 0 Å². The molecule has 0 heterocycles. The van der Waals surface area contributed by atoms with E-state index in [0.717, 1.165) is 30.4 Å². The summed E-state index contributed by atoms with van der Waals surface area (Å²) in [5.74, 6) is 1.36. The Labute approximate surface area is 178 Å². The summed E-state index contributed by atoms with van der Waals surface area (Å²) < 4.78 is 17.2. The number of hydrogen-bond donors (Lipinski definition) is 0. The molecule has 0 aromatic heterocycles. The maximum absolute atomic E-state index is 11.6. The van der Waals surface area contributed by atoms with Crippen molar-refractivity contribution in [3.05, 3.63) is 23.3 Å². The molecule has 0 bridgehead atoms. The number of aldehydes is 1. The highest BCUT2D eigenvalue weighted by atomic mass is 16.5. The van der Waals surface area contributed by atoms with E-state index >= 15 is 0 Å². The van der Waals surface area contributed by atoms with E-state index < -0.39 is 0 Å². The second-order valence-corrected chi connectivity index (χ2v) is 7.78. The van der Waals surface area contributed by atoms with E-state index in [1.165, 1.54) is 64.2 Å². The van der Waals surface area contributed by atoms with Gasteiger partial charge in [0.25, 0.3) is 0 Å². The molecule has 0 saturated heterocycles. The third-order valence-electron chi connectivity index (χ3n) is 5.13. The minimum absolute atomic E-state index is 0.443. The van der Waals surface area contributed by atoms with Gasteiger partial charge in [-0.25, -0.2) is 0 Å². The Hall–Kier alpha value is -1.55. The van der Waals surface area contributed by atoms with E-state index in [-0.39, 0.29) is 0 Å². The first-order valence-corrected chi connectivity index (χ1v) is 11.6. The lowest BCUT2D eigenvalue weighted by Crippen LogP contribution is -2.05. The molecule has 1 aromatic rings. The molecule has 0 atom stereocenters. The summed E-state index contributed by atoms with van der Waals surface area (Å²) in [7, 11) is 1.67. The van der Waals surface area contributed by atoms with Crippen molar-refractivity contribution < 1.29 is 19.0 Å². The summed E-state index contributed by atoms with van der Waals surface area (Å²) in [6.45, 7) is 6.20. The Morgan fingerprint density at radius 2 is 1.24 bits per heavy atom. The summed E-state index contributed by atoms with van der Waals surface area (Å²) >= 11 is 0. The summed E-state index contributed by atoms with van der Waals surface area (Å²) in [6.07, 6.45) is 15.5. The second-order valence-electron chi connectivity index (χ2n) is 7.78. The Kier molecular flexibility index (Phi) is 15.2. The zero-order valence-electron chi connectivity index (χ0n) is 19.0. The number of benzene rings is 1. The predicted octanol–water partition coefficient (Wildman–Crippen LogP) is 7.12. The van der Waals surface area contributed by atoms with Crippen molar-refractivity contribution in [1.82, 2.24) is 0 Å². The van der Waals surface area contributed by atoms with Gasteiger partial charge in [-0.05, 0) is 25.0 Å². The van der Waals surface area contributed by atoms with Crippen LogP contribution in [0, 0.1) is 0 Å². The van der Waals surface area contributed by atoms with Gasteiger partial charge in [0.1, 0.15) is 11.5 Å². The van der Waals surface area contributed by atoms with Gasteiger partial charge in [-0.3, -0.25) is 4.79 Å². The molecule has 0 fully saturated rings. The van der Waals surface area contributed by atoms with Crippen LogP contribution in [-0.4, -0.2) is 26.6 Å². The zero-order valence-corrected chi connectivity index (χ0v) is 19.0. The normalized spacial score (nSPS) is 10.9. The van der Waals surface area contributed by atoms with E-state index in [1.54, 1.807) is 13.2 Å². The molecule has 0 aliphatic rings. The van der Waals surface area contributed by atoms with Gasteiger partial charge in [0, 0.05) is 12.7 Å². The van der Waals surface area contributed by atoms with Crippen molar-refractivity contribution >= 4 is 6.29 Å². The highest BCUT2D eigenvalue weighted by molar-refractivity contribution is 5.80. The number of ether oxygens (including phenoxy) is 3. The largest absolute Gasteiger partial charge is 0.493 e. The quantitative estimate of drug-likeness (QED) is 0.181. The van der Waals surface area contributed by atoms with Crippen molar-refractivity contribution in [1.29, 1.82) is 0 Å². The van der Waals surface area contributed by atoms with Gasteiger partial charge in [-0.1, -0.05) is 78.1 Å². The Morgan fingerprint density at radius 3 is 1.76 bits per heavy atom. The van der Waals surface area contributed by atoms with Gasteiger partial charge in [-0.15, -0.1) is 0 Å². The summed E-state index contributed by atoms with van der Waals surface area (Å²) in [4.78, 5) is 11.6. The molecule has 0 aliphatic heterocycles. The van der Waals surface area contributed by atoms with Crippen LogP contribution < -0.4 is 9.47 Å². The average Bonchev–Trinajstić information content (AvgIpc) is 2.73. The fourth-order valence-electron chi connectivity index (χ4n) is 3.37. The molecule has 1 rings (SSSR count). The molecule has 1 aromatic carbocycles. The van der Waals surface area contributed by atoms with Crippen molar-refractivity contribution in [2.75, 3.05) is 20.3 Å². The molecule has 0 N–H and O–H groups in total. The van der Waals surface area contributed by atoms with E-state index in [9.17, 15) is 4.79 Å². The fraction of sp³-hybridized carbons (Fsp3) is 0.720. The lowest BCUT2D eigenvalue weighted by molar-refractivity contribution is 0.111. The molecular weight excluding hydrogens is 364 g/mol. The summed E-state index contributed by atoms with van der Waals surface area (Å²) in [5.41, 5.74) is 1.48. The van der Waals surface area contributed by atoms with Crippen LogP contribution in [0.5, 0.6) is 11.5 Å². The van der Waals surface area contributed by atoms with Crippen molar-refractivity contribution in [2.24, 2.45) is 0 Å². The highest BCUT2D eigenvalue weighted by Crippen LogP contribution is 2.29. The maximum Gasteiger partial charge on any atom is 0.153 e. The van der Waals surface area contributed by atoms with Crippen LogP contribution in [-0.2, 0) is 11.3 Å². The summed E-state index contributed by atoms with van der Waals surface area (Å²) in [5, 5.41) is 0. The predicted molar refractivity (Wildman–Crippen MR) is 120 cm³/mol. The molecule has 0 saturated carbocycles. The number of rotatable bonds is 19. The summed E-state index contributed by atoms with van der Waals surface area (Å²) in [6, 6.07) is 3.70. The number of methoxy groups -OCH3 is 1. The molecule has 4 nitrogen and oxygen atoms in total.